The molecule has 1 saturated heterocycles. The van der Waals surface area contributed by atoms with Gasteiger partial charge in [-0.05, 0) is 30.3 Å². The van der Waals surface area contributed by atoms with Gasteiger partial charge < -0.3 is 4.74 Å². The highest BCUT2D eigenvalue weighted by atomic mass is 32.2. The minimum atomic E-state index is -0.311. The highest BCUT2D eigenvalue weighted by Crippen LogP contribution is 2.37. The van der Waals surface area contributed by atoms with Crippen molar-refractivity contribution >= 4 is 46.0 Å². The predicted octanol–water partition coefficient (Wildman–Crippen LogP) is 5.81. The molecule has 3 nitrogen and oxygen atoms in total. The predicted molar refractivity (Wildman–Crippen MR) is 119 cm³/mol. The highest BCUT2D eigenvalue weighted by molar-refractivity contribution is 8.27. The summed E-state index contributed by atoms with van der Waals surface area (Å²) in [4.78, 5) is 15.0. The van der Waals surface area contributed by atoms with Gasteiger partial charge >= 0.3 is 0 Å². The van der Waals surface area contributed by atoms with Crippen LogP contribution in [0.4, 0.5) is 10.1 Å². The van der Waals surface area contributed by atoms with Crippen LogP contribution in [0.5, 0.6) is 5.75 Å². The van der Waals surface area contributed by atoms with Crippen LogP contribution >= 0.6 is 24.0 Å². The number of anilines is 1. The number of hydrogen-bond acceptors (Lipinski definition) is 4. The van der Waals surface area contributed by atoms with Gasteiger partial charge in [-0.1, -0.05) is 78.6 Å². The Hall–Kier alpha value is -2.96. The molecule has 1 aliphatic rings. The molecule has 1 aliphatic heterocycles. The summed E-state index contributed by atoms with van der Waals surface area (Å²) in [6.07, 6.45) is 1.76. The third-order valence-corrected chi connectivity index (χ3v) is 5.66. The van der Waals surface area contributed by atoms with E-state index < -0.39 is 0 Å². The van der Waals surface area contributed by atoms with Crippen molar-refractivity contribution in [3.05, 3.63) is 101 Å². The number of amides is 1. The monoisotopic (exact) mass is 421 g/mol. The first-order valence-corrected chi connectivity index (χ1v) is 10.1. The van der Waals surface area contributed by atoms with Crippen LogP contribution in [0.15, 0.2) is 83.8 Å². The van der Waals surface area contributed by atoms with E-state index in [0.29, 0.717) is 20.5 Å². The second-order valence-corrected chi connectivity index (χ2v) is 7.95. The molecule has 0 aromatic heterocycles. The molecule has 0 radical (unpaired) electrons. The van der Waals surface area contributed by atoms with Crippen molar-refractivity contribution in [1.29, 1.82) is 0 Å². The lowest BCUT2D eigenvalue weighted by Crippen LogP contribution is -2.27. The molecular formula is C23H16FNO2S2. The van der Waals surface area contributed by atoms with Crippen LogP contribution in [0.3, 0.4) is 0 Å². The van der Waals surface area contributed by atoms with E-state index in [-0.39, 0.29) is 18.3 Å². The normalized spacial score (nSPS) is 15.2. The molecule has 29 heavy (non-hydrogen) atoms. The minimum Gasteiger partial charge on any atom is -0.488 e. The molecule has 4 rings (SSSR count). The third-order valence-electron chi connectivity index (χ3n) is 4.35. The van der Waals surface area contributed by atoms with Crippen LogP contribution < -0.4 is 9.64 Å². The summed E-state index contributed by atoms with van der Waals surface area (Å²) < 4.78 is 20.2. The Morgan fingerprint density at radius 1 is 0.966 bits per heavy atom. The summed E-state index contributed by atoms with van der Waals surface area (Å²) in [7, 11) is 0. The van der Waals surface area contributed by atoms with Gasteiger partial charge in [-0.25, -0.2) is 4.39 Å². The Morgan fingerprint density at radius 2 is 1.66 bits per heavy atom. The van der Waals surface area contributed by atoms with Gasteiger partial charge in [0, 0.05) is 11.1 Å². The van der Waals surface area contributed by atoms with Crippen LogP contribution in [0.2, 0.25) is 0 Å². The minimum absolute atomic E-state index is 0.0997. The number of hydrogen-bond donors (Lipinski definition) is 0. The molecule has 0 aliphatic carbocycles. The van der Waals surface area contributed by atoms with Crippen molar-refractivity contribution in [2.75, 3.05) is 4.90 Å². The van der Waals surface area contributed by atoms with Gasteiger partial charge in [-0.2, -0.15) is 0 Å². The zero-order valence-electron chi connectivity index (χ0n) is 15.2. The Balaban J connectivity index is 1.58. The molecular weight excluding hydrogens is 405 g/mol. The fourth-order valence-corrected chi connectivity index (χ4v) is 4.20. The van der Waals surface area contributed by atoms with E-state index in [1.54, 1.807) is 30.3 Å². The molecule has 0 unspecified atom stereocenters. The van der Waals surface area contributed by atoms with Crippen molar-refractivity contribution in [3.63, 3.8) is 0 Å². The van der Waals surface area contributed by atoms with Gasteiger partial charge in [-0.15, -0.1) is 0 Å². The molecule has 0 spiro atoms. The topological polar surface area (TPSA) is 29.5 Å². The number of halogens is 1. The summed E-state index contributed by atoms with van der Waals surface area (Å²) >= 11 is 6.66. The van der Waals surface area contributed by atoms with Gasteiger partial charge in [-0.3, -0.25) is 9.69 Å². The summed E-state index contributed by atoms with van der Waals surface area (Å²) in [5.74, 6) is 0.0875. The van der Waals surface area contributed by atoms with Gasteiger partial charge in [0.2, 0.25) is 0 Å². The maximum absolute atomic E-state index is 13.9. The Morgan fingerprint density at radius 3 is 2.45 bits per heavy atom. The molecule has 144 valence electrons. The van der Waals surface area contributed by atoms with E-state index in [1.807, 2.05) is 48.5 Å². The van der Waals surface area contributed by atoms with Crippen molar-refractivity contribution in [1.82, 2.24) is 0 Å². The van der Waals surface area contributed by atoms with E-state index >= 15 is 0 Å². The Labute approximate surface area is 177 Å². The zero-order chi connectivity index (χ0) is 20.2. The molecule has 0 N–H and O–H groups in total. The van der Waals surface area contributed by atoms with Crippen LogP contribution in [0.25, 0.3) is 6.08 Å². The summed E-state index contributed by atoms with van der Waals surface area (Å²) in [5, 5.41) is 0. The molecule has 3 aromatic rings. The Bertz CT molecular complexity index is 1100. The van der Waals surface area contributed by atoms with Crippen molar-refractivity contribution in [2.24, 2.45) is 0 Å². The number of nitrogens with zero attached hydrogens (tertiary/aromatic N) is 1. The van der Waals surface area contributed by atoms with E-state index in [0.717, 1.165) is 11.3 Å². The van der Waals surface area contributed by atoms with E-state index in [1.165, 1.54) is 22.7 Å². The Kier molecular flexibility index (Phi) is 5.74. The first kappa shape index (κ1) is 19.4. The maximum Gasteiger partial charge on any atom is 0.270 e. The van der Waals surface area contributed by atoms with E-state index in [4.69, 9.17) is 17.0 Å². The van der Waals surface area contributed by atoms with Gasteiger partial charge in [0.25, 0.3) is 5.91 Å². The zero-order valence-corrected chi connectivity index (χ0v) is 16.9. The number of benzene rings is 3. The molecule has 0 bridgehead atoms. The largest absolute Gasteiger partial charge is 0.488 e. The van der Waals surface area contributed by atoms with Crippen molar-refractivity contribution in [2.45, 2.75) is 6.61 Å². The smallest absolute Gasteiger partial charge is 0.270 e. The van der Waals surface area contributed by atoms with Crippen molar-refractivity contribution < 1.29 is 13.9 Å². The van der Waals surface area contributed by atoms with E-state index in [9.17, 15) is 9.18 Å². The number of thiocarbonyl (C=S) groups is 1. The third kappa shape index (κ3) is 4.23. The first-order chi connectivity index (χ1) is 14.1. The lowest BCUT2D eigenvalue weighted by Gasteiger charge is -2.14. The number of carbonyl (C=O) groups excluding carboxylic acids is 1. The van der Waals surface area contributed by atoms with E-state index in [2.05, 4.69) is 0 Å². The van der Waals surface area contributed by atoms with Crippen LogP contribution in [0, 0.1) is 5.82 Å². The summed E-state index contributed by atoms with van der Waals surface area (Å²) in [6.45, 7) is 0.0997. The number of carbonyl (C=O) groups is 1. The second kappa shape index (κ2) is 8.59. The quantitative estimate of drug-likeness (QED) is 0.384. The molecule has 3 aromatic carbocycles. The fourth-order valence-electron chi connectivity index (χ4n) is 2.91. The molecule has 0 saturated carbocycles. The molecule has 1 amide bonds. The first-order valence-electron chi connectivity index (χ1n) is 8.92. The maximum atomic E-state index is 13.9. The fraction of sp³-hybridized carbons (Fsp3) is 0.0435. The van der Waals surface area contributed by atoms with Crippen molar-refractivity contribution in [3.8, 4) is 5.75 Å². The number of para-hydroxylation sites is 2. The average molecular weight is 422 g/mol. The van der Waals surface area contributed by atoms with Crippen LogP contribution in [-0.4, -0.2) is 10.2 Å². The number of ether oxygens (including phenoxy) is 1. The second-order valence-electron chi connectivity index (χ2n) is 6.27. The standard InChI is InChI=1S/C23H16FNO2S2/c24-19-12-6-4-9-17(19)15-27-20-13-7-5-8-16(20)14-21-22(26)25(23(28)29-21)18-10-2-1-3-11-18/h1-14H,15H2/b21-14+. The summed E-state index contributed by atoms with van der Waals surface area (Å²) in [6, 6.07) is 23.2. The van der Waals surface area contributed by atoms with Gasteiger partial charge in [0.05, 0.1) is 10.6 Å². The molecule has 1 fully saturated rings. The highest BCUT2D eigenvalue weighted by Gasteiger charge is 2.33. The lowest BCUT2D eigenvalue weighted by molar-refractivity contribution is -0.113. The average Bonchev–Trinajstić information content (AvgIpc) is 3.02. The van der Waals surface area contributed by atoms with Gasteiger partial charge in [0.15, 0.2) is 4.32 Å². The summed E-state index contributed by atoms with van der Waals surface area (Å²) in [5.41, 5.74) is 1.94. The van der Waals surface area contributed by atoms with Crippen LogP contribution in [-0.2, 0) is 11.4 Å². The van der Waals surface area contributed by atoms with Gasteiger partial charge in [0.1, 0.15) is 18.2 Å². The molecule has 0 atom stereocenters. The number of thioether (sulfide) groups is 1. The lowest BCUT2D eigenvalue weighted by atomic mass is 10.1. The van der Waals surface area contributed by atoms with Crippen LogP contribution in [0.1, 0.15) is 11.1 Å². The molecule has 6 heteroatoms. The SMILES string of the molecule is O=C1/C(=C\c2ccccc2OCc2ccccc2F)SC(=S)N1c1ccccc1. The number of rotatable bonds is 5. The molecule has 1 heterocycles.